The predicted octanol–water partition coefficient (Wildman–Crippen LogP) is 1.46. The van der Waals surface area contributed by atoms with Crippen LogP contribution in [0.4, 0.5) is 0 Å². The molecule has 1 fully saturated rings. The van der Waals surface area contributed by atoms with Gasteiger partial charge in [-0.05, 0) is 19.4 Å². The first-order chi connectivity index (χ1) is 9.29. The third-order valence-electron chi connectivity index (χ3n) is 3.21. The molecule has 0 bridgehead atoms. The van der Waals surface area contributed by atoms with Crippen LogP contribution in [0.3, 0.4) is 0 Å². The molecule has 1 unspecified atom stereocenters. The van der Waals surface area contributed by atoms with Gasteiger partial charge < -0.3 is 15.0 Å². The van der Waals surface area contributed by atoms with Crippen LogP contribution < -0.4 is 5.32 Å². The molecule has 20 heavy (non-hydrogen) atoms. The first kappa shape index (κ1) is 17.2. The van der Waals surface area contributed by atoms with Crippen LogP contribution in [0.5, 0.6) is 0 Å². The number of halogens is 1. The fourth-order valence-electron chi connectivity index (χ4n) is 2.20. The van der Waals surface area contributed by atoms with Crippen molar-refractivity contribution in [3.8, 4) is 0 Å². The van der Waals surface area contributed by atoms with Crippen molar-refractivity contribution in [2.45, 2.75) is 19.9 Å². The zero-order valence-electron chi connectivity index (χ0n) is 12.1. The fourth-order valence-corrected chi connectivity index (χ4v) is 2.20. The van der Waals surface area contributed by atoms with Gasteiger partial charge in [-0.25, -0.2) is 4.99 Å². The van der Waals surface area contributed by atoms with Crippen molar-refractivity contribution in [2.24, 2.45) is 10.9 Å². The maximum Gasteiger partial charge on any atom is 0.194 e. The van der Waals surface area contributed by atoms with Gasteiger partial charge in [-0.2, -0.15) is 5.10 Å². The lowest BCUT2D eigenvalue weighted by molar-refractivity contribution is 0.181. The number of guanidine groups is 1. The number of hydrogen-bond donors (Lipinski definition) is 2. The fraction of sp³-hybridized carbons (Fsp3) is 0.692. The molecule has 2 N–H and O–H groups in total. The minimum Gasteiger partial charge on any atom is -0.381 e. The van der Waals surface area contributed by atoms with Gasteiger partial charge in [-0.3, -0.25) is 5.10 Å². The van der Waals surface area contributed by atoms with Crippen molar-refractivity contribution in [1.29, 1.82) is 0 Å². The van der Waals surface area contributed by atoms with Crippen molar-refractivity contribution in [3.05, 3.63) is 18.0 Å². The van der Waals surface area contributed by atoms with E-state index in [1.54, 1.807) is 6.20 Å². The number of nitrogens with one attached hydrogen (secondary N) is 2. The summed E-state index contributed by atoms with van der Waals surface area (Å²) in [6.45, 7) is 6.30. The number of aromatic nitrogens is 2. The largest absolute Gasteiger partial charge is 0.381 e. The lowest BCUT2D eigenvalue weighted by Gasteiger charge is -2.24. The summed E-state index contributed by atoms with van der Waals surface area (Å²) in [6.07, 6.45) is 2.89. The Labute approximate surface area is 137 Å². The molecule has 1 aromatic rings. The van der Waals surface area contributed by atoms with E-state index in [-0.39, 0.29) is 24.0 Å². The van der Waals surface area contributed by atoms with Gasteiger partial charge in [0.15, 0.2) is 5.96 Å². The molecule has 1 aliphatic rings. The zero-order valence-corrected chi connectivity index (χ0v) is 14.5. The molecule has 0 aliphatic carbocycles. The number of rotatable bonds is 5. The van der Waals surface area contributed by atoms with Crippen LogP contribution in [0.1, 0.15) is 19.0 Å². The van der Waals surface area contributed by atoms with Crippen LogP contribution >= 0.6 is 24.0 Å². The van der Waals surface area contributed by atoms with Gasteiger partial charge in [-0.15, -0.1) is 24.0 Å². The normalized spacial score (nSPS) is 18.7. The molecular weight excluding hydrogens is 369 g/mol. The number of aromatic amines is 1. The Hall–Kier alpha value is -0.830. The molecule has 2 heterocycles. The first-order valence-corrected chi connectivity index (χ1v) is 6.85. The Kier molecular flexibility index (Phi) is 7.90. The maximum absolute atomic E-state index is 5.42. The van der Waals surface area contributed by atoms with E-state index >= 15 is 0 Å². The minimum absolute atomic E-state index is 0. The van der Waals surface area contributed by atoms with E-state index in [0.29, 0.717) is 12.5 Å². The molecule has 0 aromatic carbocycles. The van der Waals surface area contributed by atoms with Crippen molar-refractivity contribution in [3.63, 3.8) is 0 Å². The highest BCUT2D eigenvalue weighted by atomic mass is 127. The molecule has 1 atom stereocenters. The Bertz CT molecular complexity index is 389. The molecular formula is C13H24IN5O. The zero-order chi connectivity index (χ0) is 13.5. The summed E-state index contributed by atoms with van der Waals surface area (Å²) in [5.41, 5.74) is 1.02. The number of H-pyrrole nitrogens is 1. The minimum atomic E-state index is 0. The van der Waals surface area contributed by atoms with E-state index in [4.69, 9.17) is 4.74 Å². The molecule has 1 aliphatic heterocycles. The molecule has 114 valence electrons. The predicted molar refractivity (Wildman–Crippen MR) is 90.4 cm³/mol. The molecule has 6 nitrogen and oxygen atoms in total. The highest BCUT2D eigenvalue weighted by Gasteiger charge is 2.18. The summed E-state index contributed by atoms with van der Waals surface area (Å²) in [6, 6.07) is 1.94. The molecule has 1 aromatic heterocycles. The van der Waals surface area contributed by atoms with Crippen molar-refractivity contribution < 1.29 is 4.74 Å². The van der Waals surface area contributed by atoms with Crippen LogP contribution in [0.2, 0.25) is 0 Å². The Morgan fingerprint density at radius 3 is 3.10 bits per heavy atom. The Morgan fingerprint density at radius 1 is 1.65 bits per heavy atom. The van der Waals surface area contributed by atoms with Crippen molar-refractivity contribution in [2.75, 3.05) is 33.4 Å². The topological polar surface area (TPSA) is 65.5 Å². The van der Waals surface area contributed by atoms with Gasteiger partial charge in [0.2, 0.25) is 0 Å². The summed E-state index contributed by atoms with van der Waals surface area (Å²) in [5, 5.41) is 10.2. The summed E-state index contributed by atoms with van der Waals surface area (Å²) < 4.78 is 5.42. The highest BCUT2D eigenvalue weighted by molar-refractivity contribution is 14.0. The molecule has 0 spiro atoms. The lowest BCUT2D eigenvalue weighted by atomic mass is 10.1. The third-order valence-corrected chi connectivity index (χ3v) is 3.21. The number of aliphatic imine (C=N–C) groups is 1. The molecule has 0 saturated carbocycles. The molecule has 2 rings (SSSR count). The maximum atomic E-state index is 5.42. The summed E-state index contributed by atoms with van der Waals surface area (Å²) >= 11 is 0. The summed E-state index contributed by atoms with van der Waals surface area (Å²) in [5.74, 6) is 1.55. The number of ether oxygens (including phenoxy) is 1. The monoisotopic (exact) mass is 393 g/mol. The van der Waals surface area contributed by atoms with Gasteiger partial charge in [0.25, 0.3) is 0 Å². The second-order valence-corrected chi connectivity index (χ2v) is 4.86. The van der Waals surface area contributed by atoms with Gasteiger partial charge in [0.1, 0.15) is 0 Å². The Balaban J connectivity index is 0.00000200. The standard InChI is InChI=1S/C13H23N5O.HI/c1-3-14-13(15-8-12-4-6-16-17-12)18(2)9-11-5-7-19-10-11;/h4,6,11H,3,5,7-10H2,1-2H3,(H,14,15)(H,16,17);1H. The van der Waals surface area contributed by atoms with Crippen LogP contribution in [0.25, 0.3) is 0 Å². The second-order valence-electron chi connectivity index (χ2n) is 4.86. The molecule has 0 amide bonds. The molecule has 7 heteroatoms. The van der Waals surface area contributed by atoms with Gasteiger partial charge in [-0.1, -0.05) is 0 Å². The summed E-state index contributed by atoms with van der Waals surface area (Å²) in [4.78, 5) is 6.80. The average Bonchev–Trinajstić information content (AvgIpc) is 3.07. The van der Waals surface area contributed by atoms with E-state index in [0.717, 1.165) is 44.4 Å². The SMILES string of the molecule is CCNC(=NCc1ccn[nH]1)N(C)CC1CCOC1.I. The van der Waals surface area contributed by atoms with E-state index in [1.807, 2.05) is 6.07 Å². The average molecular weight is 393 g/mol. The van der Waals surface area contributed by atoms with Gasteiger partial charge in [0, 0.05) is 38.9 Å². The van der Waals surface area contributed by atoms with Crippen LogP contribution in [-0.4, -0.2) is 54.4 Å². The van der Waals surface area contributed by atoms with Crippen LogP contribution in [-0.2, 0) is 11.3 Å². The third kappa shape index (κ3) is 5.28. The number of nitrogens with zero attached hydrogens (tertiary/aromatic N) is 3. The lowest BCUT2D eigenvalue weighted by Crippen LogP contribution is -2.41. The number of hydrogen-bond acceptors (Lipinski definition) is 3. The van der Waals surface area contributed by atoms with E-state index < -0.39 is 0 Å². The van der Waals surface area contributed by atoms with Gasteiger partial charge in [0.05, 0.1) is 18.8 Å². The molecule has 1 saturated heterocycles. The van der Waals surface area contributed by atoms with E-state index in [2.05, 4.69) is 39.4 Å². The highest BCUT2D eigenvalue weighted by Crippen LogP contribution is 2.13. The van der Waals surface area contributed by atoms with Crippen molar-refractivity contribution >= 4 is 29.9 Å². The smallest absolute Gasteiger partial charge is 0.194 e. The molecule has 0 radical (unpaired) electrons. The first-order valence-electron chi connectivity index (χ1n) is 6.85. The summed E-state index contributed by atoms with van der Waals surface area (Å²) in [7, 11) is 2.08. The quantitative estimate of drug-likeness (QED) is 0.452. The van der Waals surface area contributed by atoms with Crippen LogP contribution in [0, 0.1) is 5.92 Å². The van der Waals surface area contributed by atoms with Crippen LogP contribution in [0.15, 0.2) is 17.3 Å². The second kappa shape index (κ2) is 9.17. The van der Waals surface area contributed by atoms with E-state index in [9.17, 15) is 0 Å². The van der Waals surface area contributed by atoms with E-state index in [1.165, 1.54) is 0 Å². The van der Waals surface area contributed by atoms with Gasteiger partial charge >= 0.3 is 0 Å². The Morgan fingerprint density at radius 2 is 2.50 bits per heavy atom. The van der Waals surface area contributed by atoms with Crippen molar-refractivity contribution in [1.82, 2.24) is 20.4 Å².